The summed E-state index contributed by atoms with van der Waals surface area (Å²) in [5.41, 5.74) is 0. The van der Waals surface area contributed by atoms with E-state index in [0.29, 0.717) is 0 Å². The Morgan fingerprint density at radius 3 is 2.39 bits per heavy atom. The van der Waals surface area contributed by atoms with E-state index in [1.807, 2.05) is 0 Å². The highest BCUT2D eigenvalue weighted by atomic mass is 16.4. The molecule has 0 bridgehead atoms. The molecule has 0 aromatic heterocycles. The Hall–Kier alpha value is -2.11. The minimum atomic E-state index is -1.17. The first-order valence-electron chi connectivity index (χ1n) is 5.51. The molecule has 0 spiro atoms. The van der Waals surface area contributed by atoms with Gasteiger partial charge in [0.05, 0.1) is 0 Å². The van der Waals surface area contributed by atoms with Crippen LogP contribution in [0.4, 0.5) is 0 Å². The molecule has 0 aromatic rings. The van der Waals surface area contributed by atoms with Gasteiger partial charge in [0, 0.05) is 12.5 Å². The highest BCUT2D eigenvalue weighted by Gasteiger charge is 2.18. The Kier molecular flexibility index (Phi) is 7.92. The van der Waals surface area contributed by atoms with Crippen molar-refractivity contribution in [1.29, 1.82) is 0 Å². The fraction of sp³-hybridized carbons (Fsp3) is 0.417. The molecule has 0 fully saturated rings. The highest BCUT2D eigenvalue weighted by Crippen LogP contribution is 2.01. The van der Waals surface area contributed by atoms with Crippen LogP contribution in [0.2, 0.25) is 0 Å². The van der Waals surface area contributed by atoms with Crippen LogP contribution in [0.3, 0.4) is 0 Å². The summed E-state index contributed by atoms with van der Waals surface area (Å²) >= 11 is 0. The summed E-state index contributed by atoms with van der Waals surface area (Å²) < 4.78 is 0. The first-order chi connectivity index (χ1) is 8.47. The van der Waals surface area contributed by atoms with Crippen LogP contribution in [0, 0.1) is 0 Å². The Morgan fingerprint density at radius 1 is 1.22 bits per heavy atom. The van der Waals surface area contributed by atoms with Gasteiger partial charge in [-0.25, -0.2) is 4.79 Å². The van der Waals surface area contributed by atoms with Gasteiger partial charge in [-0.05, 0) is 19.8 Å². The molecule has 0 saturated carbocycles. The maximum atomic E-state index is 11.3. The van der Waals surface area contributed by atoms with Crippen LogP contribution in [-0.4, -0.2) is 34.1 Å². The predicted molar refractivity (Wildman–Crippen MR) is 65.0 cm³/mol. The second-order valence-corrected chi connectivity index (χ2v) is 3.57. The standard InChI is InChI=1S/C12H17NO5/c1-2-3-4-7-10(14)13-9(12(17)18)6-5-8-11(15)16/h2-4,7,9H,5-6,8H2,1H3,(H,13,14)(H,15,16)(H,17,18)/t9-/m1/s1. The summed E-state index contributed by atoms with van der Waals surface area (Å²) in [5, 5.41) is 19.6. The van der Waals surface area contributed by atoms with Gasteiger partial charge >= 0.3 is 11.9 Å². The Balaban J connectivity index is 4.22. The molecule has 0 heterocycles. The first kappa shape index (κ1) is 15.9. The topological polar surface area (TPSA) is 104 Å². The normalized spacial score (nSPS) is 12.7. The number of carboxylic acids is 2. The molecular weight excluding hydrogens is 238 g/mol. The summed E-state index contributed by atoms with van der Waals surface area (Å²) in [6.45, 7) is 1.79. The molecule has 0 aliphatic rings. The quantitative estimate of drug-likeness (QED) is 0.442. The number of allylic oxidation sites excluding steroid dienone is 3. The van der Waals surface area contributed by atoms with Gasteiger partial charge in [0.2, 0.25) is 5.91 Å². The van der Waals surface area contributed by atoms with Gasteiger partial charge in [-0.2, -0.15) is 0 Å². The molecule has 6 heteroatoms. The molecule has 0 unspecified atom stereocenters. The van der Waals surface area contributed by atoms with Gasteiger partial charge in [-0.1, -0.05) is 18.2 Å². The molecule has 0 saturated heterocycles. The number of hydrogen-bond acceptors (Lipinski definition) is 3. The van der Waals surface area contributed by atoms with Crippen molar-refractivity contribution in [2.75, 3.05) is 0 Å². The molecule has 6 nitrogen and oxygen atoms in total. The zero-order chi connectivity index (χ0) is 14.0. The van der Waals surface area contributed by atoms with Crippen LogP contribution in [0.5, 0.6) is 0 Å². The van der Waals surface area contributed by atoms with Gasteiger partial charge in [-0.15, -0.1) is 0 Å². The molecular formula is C12H17NO5. The van der Waals surface area contributed by atoms with Gasteiger partial charge in [-0.3, -0.25) is 9.59 Å². The second-order valence-electron chi connectivity index (χ2n) is 3.57. The average molecular weight is 255 g/mol. The lowest BCUT2D eigenvalue weighted by Gasteiger charge is -2.12. The maximum absolute atomic E-state index is 11.3. The van der Waals surface area contributed by atoms with Crippen LogP contribution in [0.15, 0.2) is 24.3 Å². The molecule has 0 radical (unpaired) electrons. The molecule has 3 N–H and O–H groups in total. The zero-order valence-corrected chi connectivity index (χ0v) is 10.1. The van der Waals surface area contributed by atoms with E-state index >= 15 is 0 Å². The van der Waals surface area contributed by atoms with Crippen LogP contribution in [0.25, 0.3) is 0 Å². The third-order valence-electron chi connectivity index (χ3n) is 2.05. The van der Waals surface area contributed by atoms with Gasteiger partial charge in [0.1, 0.15) is 6.04 Å². The van der Waals surface area contributed by atoms with Crippen molar-refractivity contribution in [1.82, 2.24) is 5.32 Å². The lowest BCUT2D eigenvalue weighted by molar-refractivity contribution is -0.142. The average Bonchev–Trinajstić information content (AvgIpc) is 2.27. The molecule has 18 heavy (non-hydrogen) atoms. The number of amides is 1. The van der Waals surface area contributed by atoms with Crippen molar-refractivity contribution in [3.8, 4) is 0 Å². The van der Waals surface area contributed by atoms with Crippen molar-refractivity contribution in [2.45, 2.75) is 32.2 Å². The molecule has 1 atom stereocenters. The van der Waals surface area contributed by atoms with Crippen LogP contribution in [0.1, 0.15) is 26.2 Å². The first-order valence-corrected chi connectivity index (χ1v) is 5.51. The fourth-order valence-corrected chi connectivity index (χ4v) is 1.19. The Labute approximate surface area is 105 Å². The smallest absolute Gasteiger partial charge is 0.326 e. The number of aliphatic carboxylic acids is 2. The highest BCUT2D eigenvalue weighted by molar-refractivity contribution is 5.91. The predicted octanol–water partition coefficient (Wildman–Crippen LogP) is 0.943. The molecule has 100 valence electrons. The van der Waals surface area contributed by atoms with E-state index in [9.17, 15) is 14.4 Å². The van der Waals surface area contributed by atoms with Crippen molar-refractivity contribution in [2.24, 2.45) is 0 Å². The number of nitrogens with one attached hydrogen (secondary N) is 1. The van der Waals surface area contributed by atoms with E-state index < -0.39 is 23.9 Å². The maximum Gasteiger partial charge on any atom is 0.326 e. The summed E-state index contributed by atoms with van der Waals surface area (Å²) in [6, 6.07) is -1.06. The minimum Gasteiger partial charge on any atom is -0.481 e. The van der Waals surface area contributed by atoms with E-state index in [0.717, 1.165) is 0 Å². The summed E-state index contributed by atoms with van der Waals surface area (Å²) in [4.78, 5) is 32.5. The van der Waals surface area contributed by atoms with Crippen LogP contribution in [-0.2, 0) is 14.4 Å². The van der Waals surface area contributed by atoms with Crippen molar-refractivity contribution in [3.63, 3.8) is 0 Å². The van der Waals surface area contributed by atoms with E-state index in [1.165, 1.54) is 12.2 Å². The molecule has 1 amide bonds. The number of carbonyl (C=O) groups excluding carboxylic acids is 1. The van der Waals surface area contributed by atoms with Crippen LogP contribution >= 0.6 is 0 Å². The summed E-state index contributed by atoms with van der Waals surface area (Å²) in [7, 11) is 0. The third kappa shape index (κ3) is 8.09. The number of carbonyl (C=O) groups is 3. The van der Waals surface area contributed by atoms with Gasteiger partial charge < -0.3 is 15.5 Å². The number of rotatable bonds is 8. The van der Waals surface area contributed by atoms with Crippen molar-refractivity contribution >= 4 is 17.8 Å². The molecule has 0 aromatic carbocycles. The lowest BCUT2D eigenvalue weighted by atomic mass is 10.1. The summed E-state index contributed by atoms with van der Waals surface area (Å²) in [6.07, 6.45) is 6.24. The van der Waals surface area contributed by atoms with E-state index in [1.54, 1.807) is 19.1 Å². The second kappa shape index (κ2) is 8.98. The van der Waals surface area contributed by atoms with E-state index in [4.69, 9.17) is 10.2 Å². The minimum absolute atomic E-state index is 0.0881. The van der Waals surface area contributed by atoms with E-state index in [2.05, 4.69) is 5.32 Å². The van der Waals surface area contributed by atoms with Crippen molar-refractivity contribution in [3.05, 3.63) is 24.3 Å². The van der Waals surface area contributed by atoms with Crippen LogP contribution < -0.4 is 5.32 Å². The van der Waals surface area contributed by atoms with Gasteiger partial charge in [0.25, 0.3) is 0 Å². The zero-order valence-electron chi connectivity index (χ0n) is 10.1. The van der Waals surface area contributed by atoms with Gasteiger partial charge in [0.15, 0.2) is 0 Å². The number of carboxylic acid groups (broad SMARTS) is 2. The Bertz CT molecular complexity index is 359. The van der Waals surface area contributed by atoms with E-state index in [-0.39, 0.29) is 19.3 Å². The largest absolute Gasteiger partial charge is 0.481 e. The SMILES string of the molecule is CC=CC=CC(=O)N[C@H](CCCC(=O)O)C(=O)O. The monoisotopic (exact) mass is 255 g/mol. The number of hydrogen-bond donors (Lipinski definition) is 3. The third-order valence-corrected chi connectivity index (χ3v) is 2.05. The molecule has 0 aliphatic heterocycles. The molecule has 0 rings (SSSR count). The summed E-state index contributed by atoms with van der Waals surface area (Å²) in [5.74, 6) is -2.68. The van der Waals surface area contributed by atoms with Crippen molar-refractivity contribution < 1.29 is 24.6 Å². The molecule has 0 aliphatic carbocycles. The Morgan fingerprint density at radius 2 is 1.89 bits per heavy atom. The lowest BCUT2D eigenvalue weighted by Crippen LogP contribution is -2.40. The fourth-order valence-electron chi connectivity index (χ4n) is 1.19.